The molecule has 4 nitrogen and oxygen atoms in total. The van der Waals surface area contributed by atoms with Crippen LogP contribution in [-0.4, -0.2) is 17.7 Å². The van der Waals surface area contributed by atoms with Gasteiger partial charge in [-0.15, -0.1) is 0 Å². The highest BCUT2D eigenvalue weighted by molar-refractivity contribution is 5.77. The Morgan fingerprint density at radius 3 is 2.28 bits per heavy atom. The molecule has 0 radical (unpaired) electrons. The molecule has 4 heteroatoms. The maximum Gasteiger partial charge on any atom is 0.311 e. The fourth-order valence-electron chi connectivity index (χ4n) is 2.83. The van der Waals surface area contributed by atoms with Gasteiger partial charge in [0.15, 0.2) is 0 Å². The minimum Gasteiger partial charge on any atom is -0.494 e. The van der Waals surface area contributed by atoms with Crippen molar-refractivity contribution in [3.63, 3.8) is 0 Å². The Morgan fingerprint density at radius 1 is 1.16 bits per heavy atom. The van der Waals surface area contributed by atoms with Crippen LogP contribution in [-0.2, 0) is 4.79 Å². The van der Waals surface area contributed by atoms with Gasteiger partial charge in [-0.3, -0.25) is 4.79 Å². The third kappa shape index (κ3) is 4.86. The summed E-state index contributed by atoms with van der Waals surface area (Å²) in [6, 6.07) is 14.8. The van der Waals surface area contributed by atoms with E-state index in [4.69, 9.17) is 10.5 Å². The molecule has 0 aliphatic carbocycles. The van der Waals surface area contributed by atoms with Crippen LogP contribution in [0.15, 0.2) is 54.1 Å². The van der Waals surface area contributed by atoms with Crippen LogP contribution in [0.1, 0.15) is 37.8 Å². The highest BCUT2D eigenvalue weighted by Gasteiger charge is 2.27. The first-order chi connectivity index (χ1) is 11.9. The molecule has 2 aromatic rings. The van der Waals surface area contributed by atoms with E-state index in [0.29, 0.717) is 12.3 Å². The van der Waals surface area contributed by atoms with Crippen molar-refractivity contribution in [1.82, 2.24) is 0 Å². The molecule has 25 heavy (non-hydrogen) atoms. The Morgan fingerprint density at radius 2 is 1.76 bits per heavy atom. The fraction of sp³-hybridized carbons (Fsp3) is 0.286. The Kier molecular flexibility index (Phi) is 6.23. The van der Waals surface area contributed by atoms with E-state index in [1.807, 2.05) is 51.1 Å². The number of ether oxygens (including phenoxy) is 1. The SMILES string of the molecule is CCOc1ccc(C=C(C)C(C)C(C(=O)O)c2ccc(N)cc2)cc1. The first-order valence-corrected chi connectivity index (χ1v) is 8.41. The lowest BCUT2D eigenvalue weighted by Crippen LogP contribution is -2.20. The molecule has 0 amide bonds. The van der Waals surface area contributed by atoms with Crippen molar-refractivity contribution in [3.05, 3.63) is 65.2 Å². The molecular weight excluding hydrogens is 314 g/mol. The number of aliphatic carboxylic acids is 1. The van der Waals surface area contributed by atoms with Crippen molar-refractivity contribution in [2.24, 2.45) is 5.92 Å². The summed E-state index contributed by atoms with van der Waals surface area (Å²) < 4.78 is 5.44. The topological polar surface area (TPSA) is 72.5 Å². The number of rotatable bonds is 7. The smallest absolute Gasteiger partial charge is 0.311 e. The number of benzene rings is 2. The van der Waals surface area contributed by atoms with Crippen LogP contribution in [0.25, 0.3) is 6.08 Å². The second-order valence-electron chi connectivity index (χ2n) is 6.16. The standard InChI is InChI=1S/C21H25NO3/c1-4-25-19-11-5-16(6-12-19)13-14(2)15(3)20(21(23)24)17-7-9-18(22)10-8-17/h5-13,15,20H,4,22H2,1-3H3,(H,23,24). The van der Waals surface area contributed by atoms with Gasteiger partial charge in [-0.05, 0) is 55.2 Å². The Hall–Kier alpha value is -2.75. The van der Waals surface area contributed by atoms with Crippen molar-refractivity contribution < 1.29 is 14.6 Å². The zero-order valence-corrected chi connectivity index (χ0v) is 14.9. The van der Waals surface area contributed by atoms with Gasteiger partial charge in [0.25, 0.3) is 0 Å². The summed E-state index contributed by atoms with van der Waals surface area (Å²) >= 11 is 0. The number of nitrogen functional groups attached to an aromatic ring is 1. The van der Waals surface area contributed by atoms with Gasteiger partial charge < -0.3 is 15.6 Å². The highest BCUT2D eigenvalue weighted by atomic mass is 16.5. The van der Waals surface area contributed by atoms with Gasteiger partial charge in [0, 0.05) is 5.69 Å². The van der Waals surface area contributed by atoms with E-state index in [-0.39, 0.29) is 5.92 Å². The molecule has 0 spiro atoms. The lowest BCUT2D eigenvalue weighted by atomic mass is 9.82. The van der Waals surface area contributed by atoms with Crippen LogP contribution in [0.4, 0.5) is 5.69 Å². The number of anilines is 1. The summed E-state index contributed by atoms with van der Waals surface area (Å²) in [5.74, 6) is -0.764. The van der Waals surface area contributed by atoms with Gasteiger partial charge in [0.2, 0.25) is 0 Å². The van der Waals surface area contributed by atoms with Gasteiger partial charge in [0.05, 0.1) is 12.5 Å². The van der Waals surface area contributed by atoms with Crippen molar-refractivity contribution in [1.29, 1.82) is 0 Å². The van der Waals surface area contributed by atoms with Crippen LogP contribution in [0.2, 0.25) is 0 Å². The zero-order chi connectivity index (χ0) is 18.4. The Bertz CT molecular complexity index is 733. The van der Waals surface area contributed by atoms with Crippen LogP contribution in [0, 0.1) is 5.92 Å². The molecule has 0 heterocycles. The summed E-state index contributed by atoms with van der Waals surface area (Å²) in [7, 11) is 0. The summed E-state index contributed by atoms with van der Waals surface area (Å²) in [4.78, 5) is 11.8. The second kappa shape index (κ2) is 8.38. The third-order valence-electron chi connectivity index (χ3n) is 4.37. The molecule has 2 rings (SSSR count). The molecule has 2 unspecified atom stereocenters. The number of hydrogen-bond acceptors (Lipinski definition) is 3. The summed E-state index contributed by atoms with van der Waals surface area (Å²) in [5.41, 5.74) is 9.12. The maximum absolute atomic E-state index is 11.8. The predicted octanol–water partition coefficient (Wildman–Crippen LogP) is 4.58. The number of carboxylic acids is 1. The molecule has 2 aromatic carbocycles. The molecule has 3 N–H and O–H groups in total. The maximum atomic E-state index is 11.8. The number of allylic oxidation sites excluding steroid dienone is 1. The minimum atomic E-state index is -0.836. The van der Waals surface area contributed by atoms with Gasteiger partial charge in [-0.1, -0.05) is 42.8 Å². The molecule has 132 valence electrons. The first kappa shape index (κ1) is 18.6. The van der Waals surface area contributed by atoms with Gasteiger partial charge in [-0.25, -0.2) is 0 Å². The molecule has 0 aromatic heterocycles. The van der Waals surface area contributed by atoms with E-state index < -0.39 is 11.9 Å². The lowest BCUT2D eigenvalue weighted by molar-refractivity contribution is -0.139. The van der Waals surface area contributed by atoms with Crippen LogP contribution in [0.5, 0.6) is 5.75 Å². The van der Waals surface area contributed by atoms with Gasteiger partial charge in [-0.2, -0.15) is 0 Å². The van der Waals surface area contributed by atoms with E-state index in [9.17, 15) is 9.90 Å². The van der Waals surface area contributed by atoms with Gasteiger partial charge >= 0.3 is 5.97 Å². The molecule has 0 fully saturated rings. The highest BCUT2D eigenvalue weighted by Crippen LogP contribution is 2.31. The molecule has 0 saturated carbocycles. The van der Waals surface area contributed by atoms with Crippen molar-refractivity contribution in [3.8, 4) is 5.75 Å². The van der Waals surface area contributed by atoms with Crippen molar-refractivity contribution in [2.45, 2.75) is 26.7 Å². The molecule has 0 aliphatic rings. The number of carbonyl (C=O) groups is 1. The lowest BCUT2D eigenvalue weighted by Gasteiger charge is -2.22. The van der Waals surface area contributed by atoms with Crippen molar-refractivity contribution in [2.75, 3.05) is 12.3 Å². The average molecular weight is 339 g/mol. The van der Waals surface area contributed by atoms with Gasteiger partial charge in [0.1, 0.15) is 5.75 Å². The van der Waals surface area contributed by atoms with Crippen LogP contribution >= 0.6 is 0 Å². The van der Waals surface area contributed by atoms with E-state index in [2.05, 4.69) is 0 Å². The zero-order valence-electron chi connectivity index (χ0n) is 14.9. The minimum absolute atomic E-state index is 0.146. The summed E-state index contributed by atoms with van der Waals surface area (Å²) in [5, 5.41) is 9.70. The predicted molar refractivity (Wildman–Crippen MR) is 102 cm³/mol. The monoisotopic (exact) mass is 339 g/mol. The first-order valence-electron chi connectivity index (χ1n) is 8.41. The molecule has 0 aliphatic heterocycles. The number of carboxylic acid groups (broad SMARTS) is 1. The quantitative estimate of drug-likeness (QED) is 0.725. The third-order valence-corrected chi connectivity index (χ3v) is 4.37. The normalized spacial score (nSPS) is 14.0. The largest absolute Gasteiger partial charge is 0.494 e. The number of nitrogens with two attached hydrogens (primary N) is 1. The van der Waals surface area contributed by atoms with E-state index in [1.54, 1.807) is 24.3 Å². The fourth-order valence-corrected chi connectivity index (χ4v) is 2.83. The molecular formula is C21H25NO3. The van der Waals surface area contributed by atoms with Crippen LogP contribution in [0.3, 0.4) is 0 Å². The molecule has 2 atom stereocenters. The van der Waals surface area contributed by atoms with Crippen molar-refractivity contribution >= 4 is 17.7 Å². The average Bonchev–Trinajstić information content (AvgIpc) is 2.58. The van der Waals surface area contributed by atoms with E-state index >= 15 is 0 Å². The number of hydrogen-bond donors (Lipinski definition) is 2. The summed E-state index contributed by atoms with van der Waals surface area (Å²) in [6.45, 7) is 6.49. The Balaban J connectivity index is 2.23. The van der Waals surface area contributed by atoms with E-state index in [1.165, 1.54) is 0 Å². The summed E-state index contributed by atoms with van der Waals surface area (Å²) in [6.07, 6.45) is 2.02. The van der Waals surface area contributed by atoms with Crippen LogP contribution < -0.4 is 10.5 Å². The molecule has 0 saturated heterocycles. The Labute approximate surface area is 148 Å². The van der Waals surface area contributed by atoms with E-state index in [0.717, 1.165) is 22.4 Å². The second-order valence-corrected chi connectivity index (χ2v) is 6.16. The molecule has 0 bridgehead atoms.